The largest absolute Gasteiger partial charge is 0.240 e. The zero-order valence-corrected chi connectivity index (χ0v) is 13.5. The standard InChI is InChI=1S/C12H19FN2O4S2/c1-3-20(16,17)14-7-4-8-15-21(18,19)12-9-11(13)6-5-10(12)2/h5-6,9,14-15H,3-4,7-8H2,1-2H3. The lowest BCUT2D eigenvalue weighted by Gasteiger charge is -2.09. The highest BCUT2D eigenvalue weighted by molar-refractivity contribution is 7.89. The number of halogens is 1. The Hall–Kier alpha value is -1.03. The quantitative estimate of drug-likeness (QED) is 0.684. The minimum Gasteiger partial charge on any atom is -0.215 e. The Morgan fingerprint density at radius 2 is 1.71 bits per heavy atom. The minimum absolute atomic E-state index is 0.0266. The molecule has 0 heterocycles. The lowest BCUT2D eigenvalue weighted by Crippen LogP contribution is -2.31. The van der Waals surface area contributed by atoms with Crippen molar-refractivity contribution in [2.75, 3.05) is 18.8 Å². The molecule has 120 valence electrons. The number of hydrogen-bond donors (Lipinski definition) is 2. The van der Waals surface area contributed by atoms with Gasteiger partial charge in [-0.2, -0.15) is 0 Å². The third-order valence-electron chi connectivity index (χ3n) is 2.79. The van der Waals surface area contributed by atoms with E-state index in [2.05, 4.69) is 9.44 Å². The Bertz CT molecular complexity index is 687. The van der Waals surface area contributed by atoms with E-state index >= 15 is 0 Å². The Balaban J connectivity index is 2.57. The first-order valence-corrected chi connectivity index (χ1v) is 9.54. The van der Waals surface area contributed by atoms with Crippen LogP contribution in [0.2, 0.25) is 0 Å². The minimum atomic E-state index is -3.80. The van der Waals surface area contributed by atoms with Crippen LogP contribution in [0.15, 0.2) is 23.1 Å². The molecular weight excluding hydrogens is 319 g/mol. The van der Waals surface area contributed by atoms with Crippen LogP contribution < -0.4 is 9.44 Å². The van der Waals surface area contributed by atoms with Gasteiger partial charge in [0.1, 0.15) is 5.82 Å². The molecule has 1 rings (SSSR count). The number of sulfonamides is 2. The molecule has 0 amide bonds. The Labute approximate surface area is 124 Å². The molecule has 0 saturated carbocycles. The summed E-state index contributed by atoms with van der Waals surface area (Å²) in [7, 11) is -7.08. The molecule has 0 spiro atoms. The second-order valence-electron chi connectivity index (χ2n) is 4.46. The van der Waals surface area contributed by atoms with Crippen LogP contribution in [-0.2, 0) is 20.0 Å². The van der Waals surface area contributed by atoms with E-state index in [0.29, 0.717) is 12.0 Å². The normalized spacial score (nSPS) is 12.5. The average molecular weight is 338 g/mol. The van der Waals surface area contributed by atoms with Crippen molar-refractivity contribution in [2.24, 2.45) is 0 Å². The molecule has 1 aromatic rings. The zero-order valence-electron chi connectivity index (χ0n) is 11.9. The second kappa shape index (κ2) is 7.30. The summed E-state index contributed by atoms with van der Waals surface area (Å²) >= 11 is 0. The Morgan fingerprint density at radius 3 is 2.33 bits per heavy atom. The van der Waals surface area contributed by atoms with Crippen LogP contribution in [0.25, 0.3) is 0 Å². The van der Waals surface area contributed by atoms with Crippen molar-refractivity contribution in [3.8, 4) is 0 Å². The number of aryl methyl sites for hydroxylation is 1. The summed E-state index contributed by atoms with van der Waals surface area (Å²) in [5, 5.41) is 0. The van der Waals surface area contributed by atoms with E-state index in [4.69, 9.17) is 0 Å². The highest BCUT2D eigenvalue weighted by Crippen LogP contribution is 2.15. The highest BCUT2D eigenvalue weighted by Gasteiger charge is 2.17. The van der Waals surface area contributed by atoms with E-state index in [1.165, 1.54) is 19.1 Å². The fourth-order valence-electron chi connectivity index (χ4n) is 1.57. The Kier molecular flexibility index (Phi) is 6.26. The first kappa shape index (κ1) is 18.0. The first-order valence-electron chi connectivity index (χ1n) is 6.41. The van der Waals surface area contributed by atoms with Crippen LogP contribution >= 0.6 is 0 Å². The third kappa shape index (κ3) is 5.70. The lowest BCUT2D eigenvalue weighted by molar-refractivity contribution is 0.570. The molecule has 0 aliphatic heterocycles. The van der Waals surface area contributed by atoms with Crippen LogP contribution in [0.3, 0.4) is 0 Å². The molecular formula is C12H19FN2O4S2. The van der Waals surface area contributed by atoms with Crippen molar-refractivity contribution in [3.63, 3.8) is 0 Å². The average Bonchev–Trinajstić information content (AvgIpc) is 2.41. The van der Waals surface area contributed by atoms with Gasteiger partial charge in [0, 0.05) is 13.1 Å². The van der Waals surface area contributed by atoms with Gasteiger partial charge in [-0.15, -0.1) is 0 Å². The summed E-state index contributed by atoms with van der Waals surface area (Å²) in [6.07, 6.45) is 0.298. The molecule has 1 aromatic carbocycles. The summed E-state index contributed by atoms with van der Waals surface area (Å²) in [4.78, 5) is -0.114. The number of rotatable bonds is 8. The summed E-state index contributed by atoms with van der Waals surface area (Å²) < 4.78 is 64.1. The fraction of sp³-hybridized carbons (Fsp3) is 0.500. The molecule has 0 unspecified atom stereocenters. The SMILES string of the molecule is CCS(=O)(=O)NCCCNS(=O)(=O)c1cc(F)ccc1C. The summed E-state index contributed by atoms with van der Waals surface area (Å²) in [5.41, 5.74) is 0.440. The summed E-state index contributed by atoms with van der Waals surface area (Å²) in [5.74, 6) is -0.655. The maximum absolute atomic E-state index is 13.1. The van der Waals surface area contributed by atoms with Crippen molar-refractivity contribution in [1.29, 1.82) is 0 Å². The molecule has 0 aliphatic carbocycles. The van der Waals surface area contributed by atoms with Gasteiger partial charge >= 0.3 is 0 Å². The van der Waals surface area contributed by atoms with Gasteiger partial charge in [0.05, 0.1) is 10.6 Å². The van der Waals surface area contributed by atoms with Crippen molar-refractivity contribution in [3.05, 3.63) is 29.6 Å². The Morgan fingerprint density at radius 1 is 1.10 bits per heavy atom. The zero-order chi connectivity index (χ0) is 16.1. The van der Waals surface area contributed by atoms with Gasteiger partial charge in [-0.1, -0.05) is 6.07 Å². The van der Waals surface area contributed by atoms with Gasteiger partial charge in [-0.3, -0.25) is 0 Å². The molecule has 6 nitrogen and oxygen atoms in total. The molecule has 21 heavy (non-hydrogen) atoms. The van der Waals surface area contributed by atoms with Gasteiger partial charge < -0.3 is 0 Å². The molecule has 0 fully saturated rings. The van der Waals surface area contributed by atoms with Crippen LogP contribution in [0.4, 0.5) is 4.39 Å². The predicted molar refractivity (Wildman–Crippen MR) is 78.4 cm³/mol. The molecule has 9 heteroatoms. The summed E-state index contributed by atoms with van der Waals surface area (Å²) in [6.45, 7) is 3.28. The molecule has 0 aliphatic rings. The van der Waals surface area contributed by atoms with E-state index in [1.54, 1.807) is 6.92 Å². The van der Waals surface area contributed by atoms with Gasteiger partial charge in [-0.05, 0) is 38.0 Å². The lowest BCUT2D eigenvalue weighted by atomic mass is 10.2. The number of hydrogen-bond acceptors (Lipinski definition) is 4. The second-order valence-corrected chi connectivity index (χ2v) is 8.29. The molecule has 0 radical (unpaired) electrons. The third-order valence-corrected chi connectivity index (χ3v) is 5.79. The van der Waals surface area contributed by atoms with Crippen molar-refractivity contribution < 1.29 is 21.2 Å². The monoisotopic (exact) mass is 338 g/mol. The maximum Gasteiger partial charge on any atom is 0.240 e. The van der Waals surface area contributed by atoms with Crippen LogP contribution in [0.1, 0.15) is 18.9 Å². The van der Waals surface area contributed by atoms with Crippen molar-refractivity contribution >= 4 is 20.0 Å². The van der Waals surface area contributed by atoms with Crippen molar-refractivity contribution in [1.82, 2.24) is 9.44 Å². The fourth-order valence-corrected chi connectivity index (χ4v) is 3.55. The molecule has 0 saturated heterocycles. The van der Waals surface area contributed by atoms with Gasteiger partial charge in [0.25, 0.3) is 0 Å². The van der Waals surface area contributed by atoms with Crippen LogP contribution in [0.5, 0.6) is 0 Å². The number of benzene rings is 1. The van der Waals surface area contributed by atoms with E-state index in [9.17, 15) is 21.2 Å². The molecule has 0 aromatic heterocycles. The van der Waals surface area contributed by atoms with Gasteiger partial charge in [-0.25, -0.2) is 30.7 Å². The maximum atomic E-state index is 13.1. The smallest absolute Gasteiger partial charge is 0.215 e. The topological polar surface area (TPSA) is 92.3 Å². The first-order chi connectivity index (χ1) is 9.68. The molecule has 0 bridgehead atoms. The van der Waals surface area contributed by atoms with Gasteiger partial charge in [0.15, 0.2) is 0 Å². The highest BCUT2D eigenvalue weighted by atomic mass is 32.2. The van der Waals surface area contributed by atoms with Gasteiger partial charge in [0.2, 0.25) is 20.0 Å². The van der Waals surface area contributed by atoms with E-state index in [1.807, 2.05) is 0 Å². The predicted octanol–water partition coefficient (Wildman–Crippen LogP) is 0.742. The summed E-state index contributed by atoms with van der Waals surface area (Å²) in [6, 6.07) is 3.53. The van der Waals surface area contributed by atoms with Crippen LogP contribution in [0, 0.1) is 12.7 Å². The van der Waals surface area contributed by atoms with E-state index in [0.717, 1.165) is 6.07 Å². The van der Waals surface area contributed by atoms with E-state index < -0.39 is 25.9 Å². The molecule has 0 atom stereocenters. The van der Waals surface area contributed by atoms with Crippen LogP contribution in [-0.4, -0.2) is 35.7 Å². The van der Waals surface area contributed by atoms with Crippen molar-refractivity contribution in [2.45, 2.75) is 25.2 Å². The molecule has 2 N–H and O–H groups in total. The van der Waals surface area contributed by atoms with E-state index in [-0.39, 0.29) is 23.7 Å². The number of nitrogens with one attached hydrogen (secondary N) is 2.